The van der Waals surface area contributed by atoms with Gasteiger partial charge < -0.3 is 20.7 Å². The SMILES string of the molecule is NC(=O)OC1CC2(CCN(CC3CCNCC3)CC2)C1Cc1ccccc1. The van der Waals surface area contributed by atoms with Gasteiger partial charge in [0, 0.05) is 12.5 Å². The molecule has 27 heavy (non-hydrogen) atoms. The number of hydrogen-bond donors (Lipinski definition) is 2. The van der Waals surface area contributed by atoms with E-state index in [2.05, 4.69) is 40.5 Å². The second-order valence-electron chi connectivity index (χ2n) is 8.83. The third-order valence-electron chi connectivity index (χ3n) is 7.24. The zero-order chi connectivity index (χ0) is 18.7. The maximum atomic E-state index is 11.3. The number of hydrogen-bond acceptors (Lipinski definition) is 4. The topological polar surface area (TPSA) is 67.6 Å². The summed E-state index contributed by atoms with van der Waals surface area (Å²) in [6.07, 6.45) is 6.37. The molecule has 1 aliphatic carbocycles. The summed E-state index contributed by atoms with van der Waals surface area (Å²) in [5.41, 5.74) is 6.98. The van der Waals surface area contributed by atoms with Crippen LogP contribution < -0.4 is 11.1 Å². The molecule has 5 nitrogen and oxygen atoms in total. The molecule has 3 N–H and O–H groups in total. The van der Waals surface area contributed by atoms with Crippen molar-refractivity contribution in [3.8, 4) is 0 Å². The first-order chi connectivity index (χ1) is 13.1. The molecule has 2 atom stereocenters. The number of nitrogens with one attached hydrogen (secondary N) is 1. The van der Waals surface area contributed by atoms with Crippen LogP contribution in [0.2, 0.25) is 0 Å². The molecule has 0 radical (unpaired) electrons. The number of ether oxygens (including phenoxy) is 1. The zero-order valence-corrected chi connectivity index (χ0v) is 16.2. The Hall–Kier alpha value is -1.59. The van der Waals surface area contributed by atoms with Crippen molar-refractivity contribution in [2.75, 3.05) is 32.7 Å². The molecule has 1 aromatic carbocycles. The molecule has 0 bridgehead atoms. The predicted molar refractivity (Wildman–Crippen MR) is 106 cm³/mol. The van der Waals surface area contributed by atoms with Gasteiger partial charge in [0.05, 0.1) is 0 Å². The Bertz CT molecular complexity index is 622. The van der Waals surface area contributed by atoms with Crippen molar-refractivity contribution in [2.45, 2.75) is 44.6 Å². The van der Waals surface area contributed by atoms with Gasteiger partial charge in [-0.1, -0.05) is 30.3 Å². The van der Waals surface area contributed by atoms with E-state index in [-0.39, 0.29) is 6.10 Å². The van der Waals surface area contributed by atoms with Gasteiger partial charge in [-0.2, -0.15) is 0 Å². The molecule has 1 spiro atoms. The van der Waals surface area contributed by atoms with Crippen LogP contribution in [0.1, 0.15) is 37.7 Å². The second kappa shape index (κ2) is 8.19. The van der Waals surface area contributed by atoms with Crippen LogP contribution >= 0.6 is 0 Å². The van der Waals surface area contributed by atoms with Crippen LogP contribution in [0.5, 0.6) is 0 Å². The number of nitrogens with zero attached hydrogens (tertiary/aromatic N) is 1. The van der Waals surface area contributed by atoms with E-state index in [0.29, 0.717) is 11.3 Å². The number of rotatable bonds is 5. The average molecular weight is 372 g/mol. The normalized spacial score (nSPS) is 28.6. The predicted octanol–water partition coefficient (Wildman–Crippen LogP) is 2.79. The van der Waals surface area contributed by atoms with E-state index < -0.39 is 6.09 Å². The number of nitrogens with two attached hydrogens (primary N) is 1. The Labute approximate surface area is 162 Å². The van der Waals surface area contributed by atoms with Gasteiger partial charge in [-0.25, -0.2) is 4.79 Å². The fourth-order valence-corrected chi connectivity index (χ4v) is 5.60. The van der Waals surface area contributed by atoms with E-state index in [0.717, 1.165) is 18.8 Å². The van der Waals surface area contributed by atoms with Crippen molar-refractivity contribution in [3.05, 3.63) is 35.9 Å². The Morgan fingerprint density at radius 2 is 1.89 bits per heavy atom. The van der Waals surface area contributed by atoms with Crippen LogP contribution in [0.4, 0.5) is 4.79 Å². The van der Waals surface area contributed by atoms with Gasteiger partial charge in [0.15, 0.2) is 0 Å². The molecule has 2 heterocycles. The number of likely N-dealkylation sites (tertiary alicyclic amines) is 1. The molecule has 2 aliphatic heterocycles. The van der Waals surface area contributed by atoms with Crippen molar-refractivity contribution >= 4 is 6.09 Å². The molecule has 1 aromatic rings. The van der Waals surface area contributed by atoms with Gasteiger partial charge in [-0.05, 0) is 81.6 Å². The lowest BCUT2D eigenvalue weighted by Gasteiger charge is -2.58. The first-order valence-electron chi connectivity index (χ1n) is 10.6. The fourth-order valence-electron chi connectivity index (χ4n) is 5.60. The highest BCUT2D eigenvalue weighted by Gasteiger charge is 2.55. The van der Waals surface area contributed by atoms with Crippen LogP contribution in [-0.2, 0) is 11.2 Å². The summed E-state index contributed by atoms with van der Waals surface area (Å²) >= 11 is 0. The van der Waals surface area contributed by atoms with E-state index in [4.69, 9.17) is 10.5 Å². The second-order valence-corrected chi connectivity index (χ2v) is 8.83. The Morgan fingerprint density at radius 1 is 1.19 bits per heavy atom. The van der Waals surface area contributed by atoms with Crippen LogP contribution in [0.25, 0.3) is 0 Å². The smallest absolute Gasteiger partial charge is 0.404 e. The molecule has 1 amide bonds. The molecule has 5 heteroatoms. The quantitative estimate of drug-likeness (QED) is 0.835. The first-order valence-corrected chi connectivity index (χ1v) is 10.6. The highest BCUT2D eigenvalue weighted by Crippen LogP contribution is 2.56. The van der Waals surface area contributed by atoms with Crippen molar-refractivity contribution in [1.29, 1.82) is 0 Å². The molecule has 3 aliphatic rings. The van der Waals surface area contributed by atoms with Gasteiger partial charge in [-0.3, -0.25) is 0 Å². The molecular formula is C22H33N3O2. The van der Waals surface area contributed by atoms with Crippen LogP contribution in [0.15, 0.2) is 30.3 Å². The van der Waals surface area contributed by atoms with Crippen LogP contribution in [0, 0.1) is 17.3 Å². The van der Waals surface area contributed by atoms with Gasteiger partial charge in [0.1, 0.15) is 6.10 Å². The minimum Gasteiger partial charge on any atom is -0.446 e. The molecule has 1 saturated carbocycles. The van der Waals surface area contributed by atoms with Crippen molar-refractivity contribution in [1.82, 2.24) is 10.2 Å². The number of carbonyl (C=O) groups excluding carboxylic acids is 1. The largest absolute Gasteiger partial charge is 0.446 e. The van der Waals surface area contributed by atoms with Crippen LogP contribution in [0.3, 0.4) is 0 Å². The van der Waals surface area contributed by atoms with Crippen molar-refractivity contribution in [2.24, 2.45) is 23.0 Å². The zero-order valence-electron chi connectivity index (χ0n) is 16.2. The summed E-state index contributed by atoms with van der Waals surface area (Å²) in [7, 11) is 0. The fraction of sp³-hybridized carbons (Fsp3) is 0.682. The summed E-state index contributed by atoms with van der Waals surface area (Å²) in [4.78, 5) is 14.0. The van der Waals surface area contributed by atoms with Gasteiger partial charge in [-0.15, -0.1) is 0 Å². The number of carbonyl (C=O) groups is 1. The lowest BCUT2D eigenvalue weighted by atomic mass is 9.52. The number of primary amides is 1. The summed E-state index contributed by atoms with van der Waals surface area (Å²) in [6, 6.07) is 10.6. The van der Waals surface area contributed by atoms with Gasteiger partial charge in [0.25, 0.3) is 0 Å². The Kier molecular flexibility index (Phi) is 5.69. The van der Waals surface area contributed by atoms with E-state index in [1.165, 1.54) is 64.0 Å². The van der Waals surface area contributed by atoms with Gasteiger partial charge in [0.2, 0.25) is 0 Å². The lowest BCUT2D eigenvalue weighted by Crippen LogP contribution is -2.59. The lowest BCUT2D eigenvalue weighted by molar-refractivity contribution is -0.136. The summed E-state index contributed by atoms with van der Waals surface area (Å²) in [6.45, 7) is 5.96. The van der Waals surface area contributed by atoms with Crippen molar-refractivity contribution in [3.63, 3.8) is 0 Å². The molecule has 2 unspecified atom stereocenters. The third-order valence-corrected chi connectivity index (χ3v) is 7.24. The molecule has 3 fully saturated rings. The number of piperidine rings is 2. The molecule has 4 rings (SSSR count). The average Bonchev–Trinajstić information content (AvgIpc) is 2.69. The maximum absolute atomic E-state index is 11.3. The highest BCUT2D eigenvalue weighted by atomic mass is 16.6. The summed E-state index contributed by atoms with van der Waals surface area (Å²) in [5, 5.41) is 3.46. The van der Waals surface area contributed by atoms with E-state index in [9.17, 15) is 4.79 Å². The molecule has 2 saturated heterocycles. The first kappa shape index (κ1) is 18.8. The van der Waals surface area contributed by atoms with E-state index in [1.54, 1.807) is 0 Å². The van der Waals surface area contributed by atoms with E-state index >= 15 is 0 Å². The summed E-state index contributed by atoms with van der Waals surface area (Å²) in [5.74, 6) is 1.25. The standard InChI is InChI=1S/C22H33N3O2/c23-21(26)27-20-15-22(19(20)14-17-4-2-1-3-5-17)8-12-25(13-9-22)16-18-6-10-24-11-7-18/h1-5,18-20,24H,6-16H2,(H2,23,26). The van der Waals surface area contributed by atoms with Gasteiger partial charge >= 0.3 is 6.09 Å². The Morgan fingerprint density at radius 3 is 2.56 bits per heavy atom. The third kappa shape index (κ3) is 4.30. The number of amides is 1. The maximum Gasteiger partial charge on any atom is 0.404 e. The Balaban J connectivity index is 1.37. The highest BCUT2D eigenvalue weighted by molar-refractivity contribution is 5.65. The van der Waals surface area contributed by atoms with Crippen LogP contribution in [-0.4, -0.2) is 49.8 Å². The minimum absolute atomic E-state index is 0.0151. The van der Waals surface area contributed by atoms with E-state index in [1.807, 2.05) is 0 Å². The summed E-state index contributed by atoms with van der Waals surface area (Å²) < 4.78 is 5.47. The molecule has 148 valence electrons. The monoisotopic (exact) mass is 371 g/mol. The molecule has 0 aromatic heterocycles. The molecular weight excluding hydrogens is 338 g/mol. The minimum atomic E-state index is -0.628. The number of benzene rings is 1. The van der Waals surface area contributed by atoms with Crippen molar-refractivity contribution < 1.29 is 9.53 Å².